The maximum Gasteiger partial charge on any atom is 0.216 e. The van der Waals surface area contributed by atoms with Crippen LogP contribution in [0.25, 0.3) is 44.3 Å². The Hall–Kier alpha value is -3.46. The Balaban J connectivity index is 1.48. The number of furan rings is 1. The molecule has 1 saturated carbocycles. The molecule has 1 aliphatic rings. The number of fused-ring (bicyclic) bond motifs is 3. The lowest BCUT2D eigenvalue weighted by Gasteiger charge is -2.34. The van der Waals surface area contributed by atoms with E-state index >= 15 is 4.39 Å². The van der Waals surface area contributed by atoms with Gasteiger partial charge >= 0.3 is 0 Å². The van der Waals surface area contributed by atoms with Gasteiger partial charge in [-0.05, 0) is 90.6 Å². The summed E-state index contributed by atoms with van der Waals surface area (Å²) in [6.07, 6.45) is 6.92. The van der Waals surface area contributed by atoms with Crippen molar-refractivity contribution < 1.29 is 14.7 Å². The number of halogens is 1. The summed E-state index contributed by atoms with van der Waals surface area (Å²) in [5.41, 5.74) is 8.48. The van der Waals surface area contributed by atoms with Crippen LogP contribution in [-0.4, -0.2) is 0 Å². The molecule has 2 nitrogen and oxygen atoms in total. The first kappa shape index (κ1) is 25.5. The number of rotatable bonds is 5. The molecule has 0 bridgehead atoms. The summed E-state index contributed by atoms with van der Waals surface area (Å²) in [4.78, 5) is 0. The normalized spacial score (nSPS) is 17.1. The molecule has 1 fully saturated rings. The van der Waals surface area contributed by atoms with Gasteiger partial charge in [-0.1, -0.05) is 64.1 Å². The van der Waals surface area contributed by atoms with Crippen molar-refractivity contribution in [2.75, 3.05) is 0 Å². The zero-order chi connectivity index (χ0) is 29.1. The summed E-state index contributed by atoms with van der Waals surface area (Å²) in [6, 6.07) is 20.1. The maximum atomic E-state index is 15.6. The minimum atomic E-state index is -0.579. The topological polar surface area (TPSA) is 17.0 Å². The van der Waals surface area contributed by atoms with Gasteiger partial charge in [-0.15, -0.1) is 0 Å². The second-order valence-corrected chi connectivity index (χ2v) is 13.0. The minimum absolute atomic E-state index is 0.299. The third-order valence-electron chi connectivity index (χ3n) is 8.87. The highest BCUT2D eigenvalue weighted by Crippen LogP contribution is 2.44. The van der Waals surface area contributed by atoms with Crippen molar-refractivity contribution >= 4 is 21.9 Å². The number of hydrogen-bond acceptors (Lipinski definition) is 1. The standard InChI is InChI=1S/C37H41FNO/c1-23(2)21-25-17-20-39(6)32(22-25)33-24(3)7-12-29-30-13-14-31(38)34(36(30)40-35(29)33)28-10-8-26(9-11-28)27-15-18-37(4,5)19-16-27/h7-14,17,20,22-23,27H,15-16,18-19,21H2,1-6H3/q+1/i27D. The molecule has 2 aromatic heterocycles. The Morgan fingerprint density at radius 2 is 1.60 bits per heavy atom. The van der Waals surface area contributed by atoms with Gasteiger partial charge in [0.2, 0.25) is 5.69 Å². The van der Waals surface area contributed by atoms with Crippen LogP contribution in [0.1, 0.15) is 77.3 Å². The van der Waals surface area contributed by atoms with Gasteiger partial charge in [-0.2, -0.15) is 0 Å². The van der Waals surface area contributed by atoms with E-state index in [1.54, 1.807) is 6.07 Å². The van der Waals surface area contributed by atoms with Crippen LogP contribution in [0.5, 0.6) is 0 Å². The molecule has 3 aromatic carbocycles. The molecule has 206 valence electrons. The van der Waals surface area contributed by atoms with Gasteiger partial charge in [-0.25, -0.2) is 8.96 Å². The third-order valence-corrected chi connectivity index (χ3v) is 8.87. The number of nitrogens with zero attached hydrogens (tertiary/aromatic N) is 1. The molecule has 0 atom stereocenters. The summed E-state index contributed by atoms with van der Waals surface area (Å²) in [7, 11) is 2.06. The van der Waals surface area contributed by atoms with Gasteiger partial charge in [0.1, 0.15) is 24.0 Å². The lowest BCUT2D eigenvalue weighted by molar-refractivity contribution is -0.660. The molecule has 0 N–H and O–H groups in total. The zero-order valence-corrected chi connectivity index (χ0v) is 24.7. The van der Waals surface area contributed by atoms with Gasteiger partial charge in [0.05, 0.1) is 11.1 Å². The highest BCUT2D eigenvalue weighted by atomic mass is 19.1. The molecule has 40 heavy (non-hydrogen) atoms. The molecule has 6 rings (SSSR count). The molecular weight excluding hydrogens is 493 g/mol. The Labute approximate surface area is 239 Å². The summed E-state index contributed by atoms with van der Waals surface area (Å²) in [6.45, 7) is 11.2. The maximum absolute atomic E-state index is 15.6. The fraction of sp³-hybridized carbons (Fsp3) is 0.378. The molecule has 0 unspecified atom stereocenters. The number of pyridine rings is 1. The predicted molar refractivity (Wildman–Crippen MR) is 164 cm³/mol. The van der Waals surface area contributed by atoms with Gasteiger partial charge < -0.3 is 4.42 Å². The first-order valence-electron chi connectivity index (χ1n) is 15.2. The average Bonchev–Trinajstić information content (AvgIpc) is 3.30. The van der Waals surface area contributed by atoms with Crippen LogP contribution in [0.2, 0.25) is 0 Å². The van der Waals surface area contributed by atoms with Crippen LogP contribution in [0, 0.1) is 24.1 Å². The fourth-order valence-electron chi connectivity index (χ4n) is 6.42. The van der Waals surface area contributed by atoms with Crippen LogP contribution in [0.4, 0.5) is 4.39 Å². The van der Waals surface area contributed by atoms with Crippen molar-refractivity contribution in [2.24, 2.45) is 18.4 Å². The van der Waals surface area contributed by atoms with E-state index in [4.69, 9.17) is 5.79 Å². The molecule has 3 heteroatoms. The number of aromatic nitrogens is 1. The minimum Gasteiger partial charge on any atom is -0.454 e. The molecule has 0 aliphatic heterocycles. The van der Waals surface area contributed by atoms with Crippen molar-refractivity contribution in [2.45, 2.75) is 72.6 Å². The second kappa shape index (κ2) is 10.2. The van der Waals surface area contributed by atoms with Crippen LogP contribution in [0.3, 0.4) is 0 Å². The Morgan fingerprint density at radius 3 is 2.27 bits per heavy atom. The zero-order valence-electron chi connectivity index (χ0n) is 25.7. The molecule has 0 saturated heterocycles. The quantitative estimate of drug-likeness (QED) is 0.205. The van der Waals surface area contributed by atoms with Crippen LogP contribution < -0.4 is 4.57 Å². The van der Waals surface area contributed by atoms with E-state index < -0.39 is 5.89 Å². The third kappa shape index (κ3) is 4.85. The Bertz CT molecular complexity index is 1750. The van der Waals surface area contributed by atoms with Crippen LogP contribution >= 0.6 is 0 Å². The largest absolute Gasteiger partial charge is 0.454 e. The lowest BCUT2D eigenvalue weighted by Crippen LogP contribution is -2.31. The highest BCUT2D eigenvalue weighted by Gasteiger charge is 2.28. The molecule has 2 heterocycles. The molecule has 0 spiro atoms. The van der Waals surface area contributed by atoms with E-state index in [2.05, 4.69) is 76.7 Å². The number of hydrogen-bond donors (Lipinski definition) is 0. The van der Waals surface area contributed by atoms with E-state index in [9.17, 15) is 0 Å². The van der Waals surface area contributed by atoms with E-state index in [1.807, 2.05) is 30.3 Å². The van der Waals surface area contributed by atoms with E-state index in [0.717, 1.165) is 76.4 Å². The summed E-state index contributed by atoms with van der Waals surface area (Å²) in [5, 5.41) is 1.90. The van der Waals surface area contributed by atoms with Crippen molar-refractivity contribution in [3.63, 3.8) is 0 Å². The molecule has 0 amide bonds. The summed E-state index contributed by atoms with van der Waals surface area (Å²) >= 11 is 0. The first-order chi connectivity index (χ1) is 19.5. The number of benzene rings is 3. The highest BCUT2D eigenvalue weighted by molar-refractivity contribution is 6.13. The summed E-state index contributed by atoms with van der Waals surface area (Å²) < 4.78 is 33.6. The van der Waals surface area contributed by atoms with Gasteiger partial charge in [0.25, 0.3) is 0 Å². The second-order valence-electron chi connectivity index (χ2n) is 13.0. The molecule has 1 aliphatic carbocycles. The monoisotopic (exact) mass is 535 g/mol. The Morgan fingerprint density at radius 1 is 0.950 bits per heavy atom. The first-order valence-corrected chi connectivity index (χ1v) is 14.7. The van der Waals surface area contributed by atoms with Gasteiger partial charge in [-0.3, -0.25) is 0 Å². The lowest BCUT2D eigenvalue weighted by atomic mass is 9.71. The van der Waals surface area contributed by atoms with Crippen molar-refractivity contribution in [1.29, 1.82) is 0 Å². The average molecular weight is 536 g/mol. The summed E-state index contributed by atoms with van der Waals surface area (Å²) in [5.74, 6) is -0.318. The molecule has 5 aromatic rings. The number of aryl methyl sites for hydroxylation is 2. The molecular formula is C37H41FNO+. The van der Waals surface area contributed by atoms with E-state index in [1.165, 1.54) is 5.56 Å². The molecule has 0 radical (unpaired) electrons. The smallest absolute Gasteiger partial charge is 0.216 e. The van der Waals surface area contributed by atoms with E-state index in [0.29, 0.717) is 22.5 Å². The van der Waals surface area contributed by atoms with Crippen molar-refractivity contribution in [3.8, 4) is 22.4 Å². The van der Waals surface area contributed by atoms with Crippen molar-refractivity contribution in [3.05, 3.63) is 89.4 Å². The fourth-order valence-corrected chi connectivity index (χ4v) is 6.42. The van der Waals surface area contributed by atoms with Crippen LogP contribution in [0.15, 0.2) is 71.3 Å². The van der Waals surface area contributed by atoms with Gasteiger partial charge in [0, 0.05) is 24.3 Å². The van der Waals surface area contributed by atoms with E-state index in [-0.39, 0.29) is 5.82 Å². The van der Waals surface area contributed by atoms with Crippen molar-refractivity contribution in [1.82, 2.24) is 0 Å². The SMILES string of the molecule is [2H]C1(c2ccc(-c3c(F)ccc4c3oc3c(-c5cc(CC(C)C)cc[n+]5C)c(C)ccc34)cc2)CCC(C)(C)CC1. The Kier molecular flexibility index (Phi) is 6.49. The predicted octanol–water partition coefficient (Wildman–Crippen LogP) is 10.1. The van der Waals surface area contributed by atoms with Gasteiger partial charge in [0.15, 0.2) is 6.20 Å². The van der Waals surface area contributed by atoms with Crippen LogP contribution in [-0.2, 0) is 13.5 Å².